The molecule has 12 atom stereocenters. The fraction of sp³-hybridized carbons (Fsp3) is 0.860. The predicted octanol–water partition coefficient (Wildman–Crippen LogP) is 6.43. The molecule has 12 nitrogen and oxygen atoms in total. The summed E-state index contributed by atoms with van der Waals surface area (Å²) in [6.07, 6.45) is 9.32. The van der Waals surface area contributed by atoms with Crippen molar-refractivity contribution >= 4 is 35.8 Å². The Bertz CT molecular complexity index is 1570. The summed E-state index contributed by atoms with van der Waals surface area (Å²) in [5, 5.41) is 0. The normalized spacial score (nSPS) is 38.3. The third-order valence-electron chi connectivity index (χ3n) is 15.5. The van der Waals surface area contributed by atoms with Gasteiger partial charge in [-0.1, -0.05) is 20.8 Å². The Morgan fingerprint density at radius 3 is 1.44 bits per heavy atom. The highest BCUT2D eigenvalue weighted by molar-refractivity contribution is 5.87. The molecule has 306 valence electrons. The van der Waals surface area contributed by atoms with E-state index in [4.69, 9.17) is 28.4 Å². The van der Waals surface area contributed by atoms with E-state index in [9.17, 15) is 28.8 Å². The summed E-state index contributed by atoms with van der Waals surface area (Å²) < 4.78 is 34.7. The molecule has 0 amide bonds. The largest absolute Gasteiger partial charge is 0.459 e. The van der Waals surface area contributed by atoms with Crippen LogP contribution in [0.1, 0.15) is 139 Å². The van der Waals surface area contributed by atoms with Crippen molar-refractivity contribution in [3.63, 3.8) is 0 Å². The smallest absolute Gasteiger partial charge is 0.311 e. The lowest BCUT2D eigenvalue weighted by Gasteiger charge is -2.35. The maximum absolute atomic E-state index is 13.2. The van der Waals surface area contributed by atoms with Crippen LogP contribution in [0, 0.1) is 58.2 Å². The fourth-order valence-corrected chi connectivity index (χ4v) is 11.2. The highest BCUT2D eigenvalue weighted by atomic mass is 16.6. The van der Waals surface area contributed by atoms with Crippen LogP contribution >= 0.6 is 0 Å². The zero-order valence-electron chi connectivity index (χ0n) is 34.0. The van der Waals surface area contributed by atoms with Gasteiger partial charge >= 0.3 is 35.8 Å². The van der Waals surface area contributed by atoms with E-state index in [1.54, 1.807) is 0 Å². The van der Waals surface area contributed by atoms with Crippen molar-refractivity contribution < 1.29 is 57.2 Å². The van der Waals surface area contributed by atoms with E-state index in [1.807, 2.05) is 48.5 Å². The Kier molecular flexibility index (Phi) is 10.4. The molecule has 12 unspecified atom stereocenters. The Morgan fingerprint density at radius 2 is 1.04 bits per heavy atom. The number of fused-ring (bicyclic) bond motifs is 2. The maximum atomic E-state index is 13.2. The molecule has 8 fully saturated rings. The van der Waals surface area contributed by atoms with E-state index in [1.165, 1.54) is 0 Å². The van der Waals surface area contributed by atoms with Crippen LogP contribution in [0.2, 0.25) is 0 Å². The molecule has 2 heterocycles. The standard InChI is InChI=1S/C22H32O6.C21H30O6/c1-5-21(3,4)20(25)27-17-13-11-12-14(18(23)26-16(12)17)15(13)19(24)28-22(6-2)9-7-8-10-22;1-5-20(2,3)19(24)26-16-12-10-11-13(17(22)25-15(11)16)14(12)18(23)27-21(4)8-6-7-9-21/h12-17H,5-11H2,1-4H3;11-16H,5-10H2,1-4H3. The molecule has 0 spiro atoms. The minimum atomic E-state index is -0.601. The first-order chi connectivity index (χ1) is 25.9. The maximum Gasteiger partial charge on any atom is 0.311 e. The van der Waals surface area contributed by atoms with E-state index in [2.05, 4.69) is 6.92 Å². The lowest BCUT2D eigenvalue weighted by molar-refractivity contribution is -0.178. The summed E-state index contributed by atoms with van der Waals surface area (Å²) in [6, 6.07) is 0. The van der Waals surface area contributed by atoms with E-state index in [0.29, 0.717) is 25.7 Å². The summed E-state index contributed by atoms with van der Waals surface area (Å²) in [7, 11) is 0. The Morgan fingerprint density at radius 1 is 0.636 bits per heavy atom. The van der Waals surface area contributed by atoms with Crippen molar-refractivity contribution in [2.45, 2.75) is 174 Å². The Balaban J connectivity index is 0.000000169. The van der Waals surface area contributed by atoms with Crippen LogP contribution in [0.25, 0.3) is 0 Å². The second-order valence-electron chi connectivity index (χ2n) is 19.5. The molecule has 0 aromatic heterocycles. The summed E-state index contributed by atoms with van der Waals surface area (Å²) in [5.74, 6) is -4.31. The number of esters is 6. The summed E-state index contributed by atoms with van der Waals surface area (Å²) >= 11 is 0. The molecular formula is C43H62O12. The van der Waals surface area contributed by atoms with E-state index < -0.39 is 70.1 Å². The van der Waals surface area contributed by atoms with E-state index in [-0.39, 0.29) is 59.5 Å². The number of hydrogen-bond donors (Lipinski definition) is 0. The first-order valence-corrected chi connectivity index (χ1v) is 21.2. The van der Waals surface area contributed by atoms with Gasteiger partial charge in [0.05, 0.1) is 34.5 Å². The highest BCUT2D eigenvalue weighted by Gasteiger charge is 2.72. The van der Waals surface area contributed by atoms with Crippen LogP contribution in [0.4, 0.5) is 0 Å². The van der Waals surface area contributed by atoms with Crippen molar-refractivity contribution in [3.05, 3.63) is 0 Å². The minimum absolute atomic E-state index is 0.0426. The van der Waals surface area contributed by atoms with E-state index >= 15 is 0 Å². The van der Waals surface area contributed by atoms with Crippen LogP contribution in [0.15, 0.2) is 0 Å². The fourth-order valence-electron chi connectivity index (χ4n) is 11.2. The molecule has 0 aromatic carbocycles. The lowest BCUT2D eigenvalue weighted by atomic mass is 9.78. The summed E-state index contributed by atoms with van der Waals surface area (Å²) in [4.78, 5) is 76.5. The monoisotopic (exact) mass is 770 g/mol. The van der Waals surface area contributed by atoms with Gasteiger partial charge in [-0.25, -0.2) is 0 Å². The molecule has 2 aliphatic heterocycles. The van der Waals surface area contributed by atoms with Gasteiger partial charge in [0, 0.05) is 23.7 Å². The van der Waals surface area contributed by atoms with Gasteiger partial charge in [-0.15, -0.1) is 0 Å². The van der Waals surface area contributed by atoms with Crippen molar-refractivity contribution in [1.29, 1.82) is 0 Å². The lowest BCUT2D eigenvalue weighted by Crippen LogP contribution is -2.46. The third kappa shape index (κ3) is 6.76. The average Bonchev–Trinajstić information content (AvgIpc) is 4.01. The molecule has 55 heavy (non-hydrogen) atoms. The second-order valence-corrected chi connectivity index (χ2v) is 19.5. The molecular weight excluding hydrogens is 708 g/mol. The quantitative estimate of drug-likeness (QED) is 0.168. The van der Waals surface area contributed by atoms with Crippen molar-refractivity contribution in [2.75, 3.05) is 0 Å². The van der Waals surface area contributed by atoms with E-state index in [0.717, 1.165) is 57.8 Å². The summed E-state index contributed by atoms with van der Waals surface area (Å²) in [5.41, 5.74) is -2.03. The van der Waals surface area contributed by atoms with Crippen LogP contribution in [0.5, 0.6) is 0 Å². The van der Waals surface area contributed by atoms with Gasteiger partial charge in [0.2, 0.25) is 0 Å². The SMILES string of the molecule is CCC(C)(C)C(=O)OC1C2CC3C1OC(=O)C3C2C(=O)OC1(C)CCCC1.CCC1(OC(=O)C2C3CC4C(OC(=O)C42)C3OC(=O)C(C)(C)CC)CCCC1. The Hall–Kier alpha value is -3.18. The highest BCUT2D eigenvalue weighted by Crippen LogP contribution is 2.61. The topological polar surface area (TPSA) is 158 Å². The molecule has 12 heteroatoms. The van der Waals surface area contributed by atoms with Gasteiger partial charge in [-0.3, -0.25) is 28.8 Å². The zero-order valence-corrected chi connectivity index (χ0v) is 34.0. The van der Waals surface area contributed by atoms with Crippen LogP contribution in [-0.4, -0.2) is 71.4 Å². The van der Waals surface area contributed by atoms with Crippen molar-refractivity contribution in [1.82, 2.24) is 0 Å². The molecule has 6 aliphatic carbocycles. The number of carbonyl (C=O) groups is 6. The molecule has 0 radical (unpaired) electrons. The summed E-state index contributed by atoms with van der Waals surface area (Å²) in [6.45, 7) is 15.3. The molecule has 8 rings (SSSR count). The van der Waals surface area contributed by atoms with Crippen LogP contribution in [0.3, 0.4) is 0 Å². The first kappa shape index (κ1) is 40.0. The molecule has 6 saturated carbocycles. The Labute approximate surface area is 325 Å². The average molecular weight is 771 g/mol. The number of carbonyl (C=O) groups excluding carboxylic acids is 6. The first-order valence-electron chi connectivity index (χ1n) is 21.2. The number of rotatable bonds is 11. The van der Waals surface area contributed by atoms with Gasteiger partial charge in [-0.05, 0) is 118 Å². The predicted molar refractivity (Wildman–Crippen MR) is 195 cm³/mol. The molecule has 4 bridgehead atoms. The van der Waals surface area contributed by atoms with Gasteiger partial charge in [0.15, 0.2) is 0 Å². The van der Waals surface area contributed by atoms with Crippen molar-refractivity contribution in [3.8, 4) is 0 Å². The molecule has 8 aliphatic rings. The van der Waals surface area contributed by atoms with Gasteiger partial charge < -0.3 is 28.4 Å². The number of hydrogen-bond acceptors (Lipinski definition) is 12. The third-order valence-corrected chi connectivity index (χ3v) is 15.5. The van der Waals surface area contributed by atoms with Gasteiger partial charge in [0.25, 0.3) is 0 Å². The molecule has 0 N–H and O–H groups in total. The second kappa shape index (κ2) is 14.3. The van der Waals surface area contributed by atoms with Crippen LogP contribution < -0.4 is 0 Å². The molecule has 2 saturated heterocycles. The van der Waals surface area contributed by atoms with Gasteiger partial charge in [0.1, 0.15) is 35.6 Å². The van der Waals surface area contributed by atoms with Gasteiger partial charge in [-0.2, -0.15) is 0 Å². The zero-order chi connectivity index (χ0) is 39.8. The van der Waals surface area contributed by atoms with Crippen LogP contribution in [-0.2, 0) is 57.2 Å². The molecule has 0 aromatic rings. The van der Waals surface area contributed by atoms with Crippen molar-refractivity contribution in [2.24, 2.45) is 58.2 Å². The minimum Gasteiger partial charge on any atom is -0.459 e. The number of ether oxygens (including phenoxy) is 6.